The number of carbonyl (C=O) groups is 1. The zero-order valence-electron chi connectivity index (χ0n) is 11.8. The Hall–Kier alpha value is -0.870. The molecule has 0 aromatic heterocycles. The maximum atomic E-state index is 11.7. The largest absolute Gasteiger partial charge is 0.423 e. The predicted octanol–water partition coefficient (Wildman–Crippen LogP) is 1.76. The van der Waals surface area contributed by atoms with Crippen molar-refractivity contribution < 1.29 is 19.7 Å². The van der Waals surface area contributed by atoms with Crippen LogP contribution < -0.4 is 0 Å². The van der Waals surface area contributed by atoms with Crippen LogP contribution in [0.5, 0.6) is 0 Å². The Kier molecular flexibility index (Phi) is 2.64. The highest BCUT2D eigenvalue weighted by molar-refractivity contribution is 5.92. The quantitative estimate of drug-likeness (QED) is 0.656. The van der Waals surface area contributed by atoms with Crippen molar-refractivity contribution in [3.63, 3.8) is 0 Å². The molecule has 0 bridgehead atoms. The summed E-state index contributed by atoms with van der Waals surface area (Å²) in [7, 11) is 0. The molecule has 2 fully saturated rings. The molecule has 19 heavy (non-hydrogen) atoms. The lowest BCUT2D eigenvalue weighted by Gasteiger charge is -2.55. The monoisotopic (exact) mass is 266 g/mol. The van der Waals surface area contributed by atoms with E-state index in [2.05, 4.69) is 13.8 Å². The van der Waals surface area contributed by atoms with E-state index in [9.17, 15) is 15.0 Å². The molecule has 2 saturated carbocycles. The fourth-order valence-electron chi connectivity index (χ4n) is 4.32. The summed E-state index contributed by atoms with van der Waals surface area (Å²) in [6.45, 7) is 6.06. The summed E-state index contributed by atoms with van der Waals surface area (Å²) in [5.41, 5.74) is 1.01. The van der Waals surface area contributed by atoms with Crippen molar-refractivity contribution in [3.8, 4) is 0 Å². The second kappa shape index (κ2) is 3.83. The van der Waals surface area contributed by atoms with Crippen LogP contribution in [-0.4, -0.2) is 28.1 Å². The Balaban J connectivity index is 2.09. The molecule has 4 nitrogen and oxygen atoms in total. The third kappa shape index (κ3) is 1.50. The molecular weight excluding hydrogens is 244 g/mol. The van der Waals surface area contributed by atoms with Crippen molar-refractivity contribution in [2.75, 3.05) is 0 Å². The summed E-state index contributed by atoms with van der Waals surface area (Å²) >= 11 is 0. The Bertz CT molecular complexity index is 469. The minimum absolute atomic E-state index is 0.0105. The first-order chi connectivity index (χ1) is 8.80. The minimum Gasteiger partial charge on any atom is -0.423 e. The molecule has 3 rings (SSSR count). The molecule has 0 unspecified atom stereocenters. The van der Waals surface area contributed by atoms with Gasteiger partial charge in [-0.1, -0.05) is 26.7 Å². The van der Waals surface area contributed by atoms with Gasteiger partial charge in [0.15, 0.2) is 0 Å². The number of aliphatic hydroxyl groups is 2. The van der Waals surface area contributed by atoms with E-state index in [0.717, 1.165) is 19.3 Å². The number of esters is 1. The van der Waals surface area contributed by atoms with Crippen LogP contribution in [0.25, 0.3) is 0 Å². The SMILES string of the molecule is CC1=C2C[C@@]3(C)[C@H](CCC[C@@H]3C)[C@@H](O)[C@@]2(O)OC1=O. The lowest BCUT2D eigenvalue weighted by atomic mass is 9.52. The molecule has 106 valence electrons. The number of ether oxygens (including phenoxy) is 1. The van der Waals surface area contributed by atoms with Crippen LogP contribution in [0.15, 0.2) is 11.1 Å². The van der Waals surface area contributed by atoms with Crippen LogP contribution in [0.4, 0.5) is 0 Å². The van der Waals surface area contributed by atoms with Gasteiger partial charge in [0.1, 0.15) is 6.10 Å². The number of fused-ring (bicyclic) bond motifs is 2. The maximum Gasteiger partial charge on any atom is 0.336 e. The van der Waals surface area contributed by atoms with Crippen LogP contribution in [-0.2, 0) is 9.53 Å². The first kappa shape index (κ1) is 13.1. The van der Waals surface area contributed by atoms with Gasteiger partial charge in [-0.25, -0.2) is 4.79 Å². The molecule has 4 heteroatoms. The Morgan fingerprint density at radius 2 is 2.05 bits per heavy atom. The van der Waals surface area contributed by atoms with Gasteiger partial charge < -0.3 is 14.9 Å². The van der Waals surface area contributed by atoms with Crippen LogP contribution in [0, 0.1) is 17.3 Å². The van der Waals surface area contributed by atoms with E-state index in [1.807, 2.05) is 0 Å². The summed E-state index contributed by atoms with van der Waals surface area (Å²) in [5, 5.41) is 21.2. The smallest absolute Gasteiger partial charge is 0.336 e. The number of rotatable bonds is 0. The van der Waals surface area contributed by atoms with E-state index >= 15 is 0 Å². The van der Waals surface area contributed by atoms with Crippen molar-refractivity contribution in [2.45, 2.75) is 58.3 Å². The lowest BCUT2D eigenvalue weighted by Crippen LogP contribution is -2.60. The average Bonchev–Trinajstić information content (AvgIpc) is 2.56. The number of hydrogen-bond donors (Lipinski definition) is 2. The molecule has 0 spiro atoms. The van der Waals surface area contributed by atoms with Gasteiger partial charge in [0, 0.05) is 11.1 Å². The average molecular weight is 266 g/mol. The van der Waals surface area contributed by atoms with E-state index < -0.39 is 17.9 Å². The summed E-state index contributed by atoms with van der Waals surface area (Å²) in [5.74, 6) is -1.81. The topological polar surface area (TPSA) is 66.8 Å². The highest BCUT2D eigenvalue weighted by atomic mass is 16.7. The van der Waals surface area contributed by atoms with E-state index in [0.29, 0.717) is 23.5 Å². The van der Waals surface area contributed by atoms with Gasteiger partial charge >= 0.3 is 5.97 Å². The summed E-state index contributed by atoms with van der Waals surface area (Å²) in [6.07, 6.45) is 2.71. The Labute approximate surface area is 113 Å². The highest BCUT2D eigenvalue weighted by Crippen LogP contribution is 2.59. The van der Waals surface area contributed by atoms with Crippen LogP contribution in [0.2, 0.25) is 0 Å². The number of carbonyl (C=O) groups excluding carboxylic acids is 1. The van der Waals surface area contributed by atoms with Gasteiger partial charge in [-0.3, -0.25) is 0 Å². The maximum absolute atomic E-state index is 11.7. The molecule has 0 amide bonds. The zero-order chi connectivity index (χ0) is 14.0. The third-order valence-electron chi connectivity index (χ3n) is 5.90. The van der Waals surface area contributed by atoms with Crippen molar-refractivity contribution in [1.82, 2.24) is 0 Å². The molecule has 0 radical (unpaired) electrons. The fourth-order valence-corrected chi connectivity index (χ4v) is 4.32. The Morgan fingerprint density at radius 1 is 1.37 bits per heavy atom. The molecule has 2 aliphatic carbocycles. The third-order valence-corrected chi connectivity index (χ3v) is 5.90. The molecule has 2 N–H and O–H groups in total. The van der Waals surface area contributed by atoms with E-state index in [1.165, 1.54) is 0 Å². The van der Waals surface area contributed by atoms with Crippen molar-refractivity contribution >= 4 is 5.97 Å². The second-order valence-electron chi connectivity index (χ2n) is 6.76. The molecule has 3 aliphatic rings. The summed E-state index contributed by atoms with van der Waals surface area (Å²) in [6, 6.07) is 0. The van der Waals surface area contributed by atoms with E-state index in [4.69, 9.17) is 4.74 Å². The molecule has 0 aromatic rings. The summed E-state index contributed by atoms with van der Waals surface area (Å²) in [4.78, 5) is 11.7. The van der Waals surface area contributed by atoms with Gasteiger partial charge in [-0.05, 0) is 37.0 Å². The number of aliphatic hydroxyl groups excluding tert-OH is 1. The van der Waals surface area contributed by atoms with Crippen LogP contribution in [0.3, 0.4) is 0 Å². The van der Waals surface area contributed by atoms with Crippen molar-refractivity contribution in [2.24, 2.45) is 17.3 Å². The highest BCUT2D eigenvalue weighted by Gasteiger charge is 2.62. The van der Waals surface area contributed by atoms with Gasteiger partial charge in [-0.2, -0.15) is 0 Å². The minimum atomic E-state index is -1.78. The van der Waals surface area contributed by atoms with Crippen LogP contribution in [0.1, 0.15) is 46.5 Å². The van der Waals surface area contributed by atoms with Crippen molar-refractivity contribution in [1.29, 1.82) is 0 Å². The van der Waals surface area contributed by atoms with Gasteiger partial charge in [0.05, 0.1) is 0 Å². The molecule has 1 aliphatic heterocycles. The fraction of sp³-hybridized carbons (Fsp3) is 0.800. The second-order valence-corrected chi connectivity index (χ2v) is 6.76. The molecule has 5 atom stereocenters. The van der Waals surface area contributed by atoms with Gasteiger partial charge in [0.2, 0.25) is 0 Å². The van der Waals surface area contributed by atoms with Gasteiger partial charge in [-0.15, -0.1) is 0 Å². The zero-order valence-corrected chi connectivity index (χ0v) is 11.8. The molecular formula is C15H22O4. The van der Waals surface area contributed by atoms with Crippen molar-refractivity contribution in [3.05, 3.63) is 11.1 Å². The first-order valence-electron chi connectivity index (χ1n) is 7.14. The number of hydrogen-bond acceptors (Lipinski definition) is 4. The van der Waals surface area contributed by atoms with Gasteiger partial charge in [0.25, 0.3) is 5.79 Å². The van der Waals surface area contributed by atoms with Crippen LogP contribution >= 0.6 is 0 Å². The predicted molar refractivity (Wildman–Crippen MR) is 69.0 cm³/mol. The van der Waals surface area contributed by atoms with E-state index in [1.54, 1.807) is 6.92 Å². The molecule has 0 aromatic carbocycles. The normalized spacial score (nSPS) is 49.7. The Morgan fingerprint density at radius 3 is 2.74 bits per heavy atom. The standard InChI is InChI=1S/C15H22O4/c1-8-5-4-6-10-12(16)15(18)11(7-14(8,10)3)9(2)13(17)19-15/h8,10,12,16,18H,4-7H2,1-3H3/t8-,10+,12+,14+,15-/m0/s1. The molecule has 1 heterocycles. The lowest BCUT2D eigenvalue weighted by molar-refractivity contribution is -0.255. The van der Waals surface area contributed by atoms with E-state index in [-0.39, 0.29) is 11.3 Å². The first-order valence-corrected chi connectivity index (χ1v) is 7.14. The summed E-state index contributed by atoms with van der Waals surface area (Å²) < 4.78 is 5.10. The molecule has 0 saturated heterocycles.